The predicted octanol–water partition coefficient (Wildman–Crippen LogP) is 2.79. The van der Waals surface area contributed by atoms with Crippen molar-refractivity contribution >= 4 is 0 Å². The highest BCUT2D eigenvalue weighted by Crippen LogP contribution is 2.20. The molecule has 0 aliphatic heterocycles. The largest absolute Gasteiger partial charge is 0.390 e. The molecule has 0 saturated heterocycles. The van der Waals surface area contributed by atoms with Crippen LogP contribution in [0.1, 0.15) is 25.5 Å². The predicted molar refractivity (Wildman–Crippen MR) is 46.9 cm³/mol. The molecule has 0 aliphatic carbocycles. The molecular formula is C9H13F3N2. The molecule has 0 radical (unpaired) electrons. The van der Waals surface area contributed by atoms with Crippen LogP contribution >= 0.6 is 0 Å². The first kappa shape index (κ1) is 11.1. The lowest BCUT2D eigenvalue weighted by Gasteiger charge is -2.05. The van der Waals surface area contributed by atoms with Crippen molar-refractivity contribution in [2.24, 2.45) is 0 Å². The van der Waals surface area contributed by atoms with Crippen LogP contribution in [0.15, 0.2) is 12.5 Å². The van der Waals surface area contributed by atoms with Gasteiger partial charge in [-0.05, 0) is 6.42 Å². The highest BCUT2D eigenvalue weighted by atomic mass is 19.4. The van der Waals surface area contributed by atoms with Crippen LogP contribution in [-0.4, -0.2) is 15.7 Å². The molecule has 1 aromatic heterocycles. The Balaban J connectivity index is 2.44. The summed E-state index contributed by atoms with van der Waals surface area (Å²) < 4.78 is 37.1. The zero-order valence-corrected chi connectivity index (χ0v) is 8.01. The van der Waals surface area contributed by atoms with E-state index in [0.717, 1.165) is 18.5 Å². The third-order valence-corrected chi connectivity index (χ3v) is 1.85. The molecule has 0 fully saturated rings. The van der Waals surface area contributed by atoms with Crippen LogP contribution in [-0.2, 0) is 13.0 Å². The van der Waals surface area contributed by atoms with E-state index in [9.17, 15) is 13.2 Å². The van der Waals surface area contributed by atoms with Gasteiger partial charge < -0.3 is 4.57 Å². The van der Waals surface area contributed by atoms with Crippen LogP contribution in [0.25, 0.3) is 0 Å². The average molecular weight is 206 g/mol. The number of imidazole rings is 1. The molecule has 1 rings (SSSR count). The Hall–Kier alpha value is -1.00. The number of aryl methyl sites for hydroxylation is 2. The molecule has 1 aromatic rings. The first-order chi connectivity index (χ1) is 6.51. The van der Waals surface area contributed by atoms with Gasteiger partial charge in [0.15, 0.2) is 0 Å². The Morgan fingerprint density at radius 1 is 1.43 bits per heavy atom. The summed E-state index contributed by atoms with van der Waals surface area (Å²) in [4.78, 5) is 4.00. The van der Waals surface area contributed by atoms with Crippen molar-refractivity contribution in [2.45, 2.75) is 38.9 Å². The van der Waals surface area contributed by atoms with Gasteiger partial charge in [-0.25, -0.2) is 4.98 Å². The summed E-state index contributed by atoms with van der Waals surface area (Å²) in [6.07, 6.45) is 0.0192. The van der Waals surface area contributed by atoms with Gasteiger partial charge in [-0.15, -0.1) is 0 Å². The second-order valence-electron chi connectivity index (χ2n) is 3.22. The summed E-state index contributed by atoms with van der Waals surface area (Å²) >= 11 is 0. The first-order valence-corrected chi connectivity index (χ1v) is 4.58. The summed E-state index contributed by atoms with van der Waals surface area (Å²) in [5.74, 6) is 0. The minimum absolute atomic E-state index is 0.0415. The third kappa shape index (κ3) is 3.81. The van der Waals surface area contributed by atoms with Gasteiger partial charge in [0, 0.05) is 12.7 Å². The lowest BCUT2D eigenvalue weighted by atomic mass is 10.3. The van der Waals surface area contributed by atoms with Gasteiger partial charge in [-0.2, -0.15) is 13.2 Å². The molecule has 1 heterocycles. The van der Waals surface area contributed by atoms with Gasteiger partial charge in [0.2, 0.25) is 0 Å². The molecule has 80 valence electrons. The maximum absolute atomic E-state index is 11.9. The Labute approximate surface area is 80.8 Å². The van der Waals surface area contributed by atoms with Crippen LogP contribution in [0.5, 0.6) is 0 Å². The van der Waals surface area contributed by atoms with Crippen molar-refractivity contribution in [3.05, 3.63) is 18.2 Å². The first-order valence-electron chi connectivity index (χ1n) is 4.58. The number of nitrogens with zero attached hydrogens (tertiary/aromatic N) is 2. The molecule has 0 unspecified atom stereocenters. The lowest BCUT2D eigenvalue weighted by molar-refractivity contribution is -0.136. The molecule has 2 nitrogen and oxygen atoms in total. The fourth-order valence-electron chi connectivity index (χ4n) is 1.17. The van der Waals surface area contributed by atoms with Gasteiger partial charge in [0.05, 0.1) is 18.4 Å². The smallest absolute Gasteiger partial charge is 0.337 e. The highest BCUT2D eigenvalue weighted by molar-refractivity contribution is 4.96. The van der Waals surface area contributed by atoms with E-state index in [-0.39, 0.29) is 6.54 Å². The van der Waals surface area contributed by atoms with Crippen molar-refractivity contribution in [2.75, 3.05) is 0 Å². The van der Waals surface area contributed by atoms with Crippen LogP contribution < -0.4 is 0 Å². The van der Waals surface area contributed by atoms with E-state index in [4.69, 9.17) is 0 Å². The van der Waals surface area contributed by atoms with E-state index < -0.39 is 12.6 Å². The van der Waals surface area contributed by atoms with Crippen molar-refractivity contribution in [1.29, 1.82) is 0 Å². The third-order valence-electron chi connectivity index (χ3n) is 1.85. The minimum atomic E-state index is -4.09. The van der Waals surface area contributed by atoms with Crippen molar-refractivity contribution in [1.82, 2.24) is 9.55 Å². The lowest BCUT2D eigenvalue weighted by Crippen LogP contribution is -2.11. The summed E-state index contributed by atoms with van der Waals surface area (Å²) in [5.41, 5.74) is 0.856. The molecule has 14 heavy (non-hydrogen) atoms. The zero-order valence-electron chi connectivity index (χ0n) is 8.01. The molecule has 0 bridgehead atoms. The van der Waals surface area contributed by atoms with E-state index in [1.807, 2.05) is 6.92 Å². The summed E-state index contributed by atoms with van der Waals surface area (Å²) in [5, 5.41) is 0. The maximum atomic E-state index is 11.9. The topological polar surface area (TPSA) is 17.8 Å². The molecular weight excluding hydrogens is 193 g/mol. The van der Waals surface area contributed by atoms with Crippen molar-refractivity contribution in [3.63, 3.8) is 0 Å². The second-order valence-corrected chi connectivity index (χ2v) is 3.22. The second kappa shape index (κ2) is 4.48. The highest BCUT2D eigenvalue weighted by Gasteiger charge is 2.26. The Kier molecular flexibility index (Phi) is 3.55. The van der Waals surface area contributed by atoms with E-state index in [0.29, 0.717) is 0 Å². The average Bonchev–Trinajstić information content (AvgIpc) is 2.49. The molecule has 0 aromatic carbocycles. The number of hydrogen-bond acceptors (Lipinski definition) is 1. The van der Waals surface area contributed by atoms with Gasteiger partial charge in [-0.1, -0.05) is 13.3 Å². The molecule has 0 spiro atoms. The Morgan fingerprint density at radius 2 is 2.14 bits per heavy atom. The quantitative estimate of drug-likeness (QED) is 0.740. The number of alkyl halides is 3. The van der Waals surface area contributed by atoms with E-state index in [1.165, 1.54) is 10.9 Å². The number of rotatable bonds is 4. The van der Waals surface area contributed by atoms with Crippen molar-refractivity contribution in [3.8, 4) is 0 Å². The maximum Gasteiger partial charge on any atom is 0.390 e. The fraction of sp³-hybridized carbons (Fsp3) is 0.667. The van der Waals surface area contributed by atoms with Gasteiger partial charge >= 0.3 is 6.18 Å². The fourth-order valence-corrected chi connectivity index (χ4v) is 1.17. The van der Waals surface area contributed by atoms with E-state index in [2.05, 4.69) is 4.98 Å². The molecule has 0 atom stereocenters. The molecule has 5 heteroatoms. The number of halogens is 3. The zero-order chi connectivity index (χ0) is 10.6. The Bertz CT molecular complexity index is 278. The standard InChI is InChI=1S/C9H13F3N2/c1-2-3-8-6-14(7-13-8)5-4-9(10,11)12/h6-7H,2-5H2,1H3. The van der Waals surface area contributed by atoms with Crippen molar-refractivity contribution < 1.29 is 13.2 Å². The summed E-state index contributed by atoms with van der Waals surface area (Å²) in [7, 11) is 0. The summed E-state index contributed by atoms with van der Waals surface area (Å²) in [6.45, 7) is 1.97. The van der Waals surface area contributed by atoms with Crippen LogP contribution in [0.4, 0.5) is 13.2 Å². The number of aromatic nitrogens is 2. The molecule has 0 aliphatic rings. The van der Waals surface area contributed by atoms with E-state index >= 15 is 0 Å². The normalized spacial score (nSPS) is 12.0. The number of hydrogen-bond donors (Lipinski definition) is 0. The monoisotopic (exact) mass is 206 g/mol. The van der Waals surface area contributed by atoms with Gasteiger partial charge in [0.25, 0.3) is 0 Å². The molecule has 0 saturated carbocycles. The van der Waals surface area contributed by atoms with Crippen LogP contribution in [0, 0.1) is 0 Å². The Morgan fingerprint density at radius 3 is 2.71 bits per heavy atom. The molecule has 0 N–H and O–H groups in total. The van der Waals surface area contributed by atoms with E-state index in [1.54, 1.807) is 6.20 Å². The summed E-state index contributed by atoms with van der Waals surface area (Å²) in [6, 6.07) is 0. The van der Waals surface area contributed by atoms with Crippen LogP contribution in [0.2, 0.25) is 0 Å². The minimum Gasteiger partial charge on any atom is -0.337 e. The SMILES string of the molecule is CCCc1cn(CCC(F)(F)F)cn1. The van der Waals surface area contributed by atoms with Gasteiger partial charge in [0.1, 0.15) is 0 Å². The van der Waals surface area contributed by atoms with Gasteiger partial charge in [-0.3, -0.25) is 0 Å². The molecule has 0 amide bonds. The van der Waals surface area contributed by atoms with Crippen LogP contribution in [0.3, 0.4) is 0 Å².